The summed E-state index contributed by atoms with van der Waals surface area (Å²) in [6.07, 6.45) is 0. The molecule has 7 nitrogen and oxygen atoms in total. The number of hydrogen-bond donors (Lipinski definition) is 3. The second-order valence-corrected chi connectivity index (χ2v) is 6.97. The molecule has 1 aromatic rings. The van der Waals surface area contributed by atoms with Gasteiger partial charge in [0, 0.05) is 40.7 Å². The maximum Gasteiger partial charge on any atom is 0.294 e. The van der Waals surface area contributed by atoms with Crippen molar-refractivity contribution < 1.29 is 9.72 Å². The summed E-state index contributed by atoms with van der Waals surface area (Å²) >= 11 is 3.72. The molecule has 1 aromatic carbocycles. The van der Waals surface area contributed by atoms with Gasteiger partial charge in [-0.25, -0.2) is 0 Å². The van der Waals surface area contributed by atoms with Gasteiger partial charge >= 0.3 is 0 Å². The summed E-state index contributed by atoms with van der Waals surface area (Å²) in [6.45, 7) is 0.571. The first-order valence-corrected chi connectivity index (χ1v) is 8.54. The molecule has 1 aliphatic rings. The van der Waals surface area contributed by atoms with Crippen molar-refractivity contribution in [2.24, 2.45) is 5.84 Å². The molecule has 0 radical (unpaired) electrons. The molecule has 1 amide bonds. The summed E-state index contributed by atoms with van der Waals surface area (Å²) in [6, 6.07) is 4.17. The molecule has 0 saturated carbocycles. The summed E-state index contributed by atoms with van der Waals surface area (Å²) in [5, 5.41) is 14.2. The first-order chi connectivity index (χ1) is 10.1. The molecular formula is C12H16N4O3S2. The van der Waals surface area contributed by atoms with Gasteiger partial charge in [0.1, 0.15) is 5.69 Å². The molecule has 9 heteroatoms. The van der Waals surface area contributed by atoms with E-state index in [4.69, 9.17) is 5.84 Å². The number of nitrogens with one attached hydrogen (secondary N) is 2. The van der Waals surface area contributed by atoms with E-state index in [-0.39, 0.29) is 22.8 Å². The van der Waals surface area contributed by atoms with Crippen molar-refractivity contribution in [3.63, 3.8) is 0 Å². The summed E-state index contributed by atoms with van der Waals surface area (Å²) in [4.78, 5) is 22.4. The molecule has 4 N–H and O–H groups in total. The van der Waals surface area contributed by atoms with E-state index in [1.54, 1.807) is 0 Å². The molecule has 1 saturated heterocycles. The van der Waals surface area contributed by atoms with Gasteiger partial charge in [-0.3, -0.25) is 20.8 Å². The first kappa shape index (κ1) is 15.9. The highest BCUT2D eigenvalue weighted by atomic mass is 32.2. The Morgan fingerprint density at radius 2 is 2.29 bits per heavy atom. The average molecular weight is 328 g/mol. The number of thioether (sulfide) groups is 2. The van der Waals surface area contributed by atoms with E-state index in [0.29, 0.717) is 11.8 Å². The second kappa shape index (κ2) is 7.53. The number of nitrogen functional groups attached to an aromatic ring is 1. The number of benzene rings is 1. The number of anilines is 1. The van der Waals surface area contributed by atoms with Gasteiger partial charge in [0.2, 0.25) is 0 Å². The highest BCUT2D eigenvalue weighted by Crippen LogP contribution is 2.25. The highest BCUT2D eigenvalue weighted by Gasteiger charge is 2.19. The Balaban J connectivity index is 2.01. The van der Waals surface area contributed by atoms with Crippen molar-refractivity contribution in [3.05, 3.63) is 33.9 Å². The van der Waals surface area contributed by atoms with Crippen LogP contribution >= 0.6 is 23.5 Å². The minimum Gasteiger partial charge on any atom is -0.351 e. The van der Waals surface area contributed by atoms with Crippen LogP contribution in [0, 0.1) is 10.1 Å². The summed E-state index contributed by atoms with van der Waals surface area (Å²) in [5.41, 5.74) is 2.47. The van der Waals surface area contributed by atoms with E-state index in [1.165, 1.54) is 18.2 Å². The summed E-state index contributed by atoms with van der Waals surface area (Å²) in [5.74, 6) is 8.16. The molecule has 1 aliphatic heterocycles. The van der Waals surface area contributed by atoms with Crippen LogP contribution in [-0.2, 0) is 0 Å². The molecule has 1 fully saturated rings. The molecule has 2 rings (SSSR count). The van der Waals surface area contributed by atoms with Crippen molar-refractivity contribution in [3.8, 4) is 0 Å². The number of nitro benzene ring substituents is 1. The van der Waals surface area contributed by atoms with Crippen molar-refractivity contribution in [1.82, 2.24) is 5.32 Å². The van der Waals surface area contributed by atoms with E-state index < -0.39 is 4.92 Å². The summed E-state index contributed by atoms with van der Waals surface area (Å²) < 4.78 is 0. The Hall–Kier alpha value is -1.45. The van der Waals surface area contributed by atoms with Gasteiger partial charge in [0.15, 0.2) is 0 Å². The Morgan fingerprint density at radius 1 is 1.48 bits per heavy atom. The Labute approximate surface area is 130 Å². The lowest BCUT2D eigenvalue weighted by atomic mass is 10.1. The normalized spacial score (nSPS) is 18.0. The van der Waals surface area contributed by atoms with Crippen molar-refractivity contribution in [2.75, 3.05) is 29.2 Å². The van der Waals surface area contributed by atoms with E-state index in [1.807, 2.05) is 23.5 Å². The molecule has 1 heterocycles. The van der Waals surface area contributed by atoms with Crippen molar-refractivity contribution in [2.45, 2.75) is 5.25 Å². The number of carbonyl (C=O) groups is 1. The predicted molar refractivity (Wildman–Crippen MR) is 86.8 cm³/mol. The Morgan fingerprint density at radius 3 is 2.90 bits per heavy atom. The second-order valence-electron chi connectivity index (χ2n) is 4.41. The number of rotatable bonds is 5. The molecule has 0 bridgehead atoms. The predicted octanol–water partition coefficient (Wildman–Crippen LogP) is 1.46. The molecule has 21 heavy (non-hydrogen) atoms. The van der Waals surface area contributed by atoms with Gasteiger partial charge in [-0.1, -0.05) is 0 Å². The minimum atomic E-state index is -0.570. The van der Waals surface area contributed by atoms with Gasteiger partial charge in [-0.05, 0) is 12.1 Å². The van der Waals surface area contributed by atoms with Crippen LogP contribution in [0.4, 0.5) is 11.4 Å². The van der Waals surface area contributed by atoms with Crippen LogP contribution in [0.1, 0.15) is 10.4 Å². The van der Waals surface area contributed by atoms with Gasteiger partial charge in [-0.2, -0.15) is 23.5 Å². The van der Waals surface area contributed by atoms with Crippen molar-refractivity contribution >= 4 is 40.8 Å². The molecule has 0 aliphatic carbocycles. The van der Waals surface area contributed by atoms with Crippen molar-refractivity contribution in [1.29, 1.82) is 0 Å². The zero-order chi connectivity index (χ0) is 15.2. The standard InChI is InChI=1S/C12H16N4O3S2/c13-15-10-2-1-8(5-11(10)16(18)19)12(17)14-6-9-7-20-3-4-21-9/h1-2,5,9,15H,3-4,6-7,13H2,(H,14,17). The summed E-state index contributed by atoms with van der Waals surface area (Å²) in [7, 11) is 0. The van der Waals surface area contributed by atoms with Crippen LogP contribution in [-0.4, -0.2) is 39.9 Å². The smallest absolute Gasteiger partial charge is 0.294 e. The topological polar surface area (TPSA) is 110 Å². The number of amides is 1. The Bertz CT molecular complexity index is 535. The Kier molecular flexibility index (Phi) is 5.71. The van der Waals surface area contributed by atoms with Crippen LogP contribution in [0.3, 0.4) is 0 Å². The number of nitrogens with zero attached hydrogens (tertiary/aromatic N) is 1. The minimum absolute atomic E-state index is 0.177. The third-order valence-electron chi connectivity index (χ3n) is 2.99. The molecule has 114 valence electrons. The molecule has 0 aromatic heterocycles. The van der Waals surface area contributed by atoms with E-state index >= 15 is 0 Å². The van der Waals surface area contributed by atoms with Crippen LogP contribution in [0.2, 0.25) is 0 Å². The third-order valence-corrected chi connectivity index (χ3v) is 5.83. The lowest BCUT2D eigenvalue weighted by Crippen LogP contribution is -2.33. The maximum atomic E-state index is 12.1. The van der Waals surface area contributed by atoms with Crippen LogP contribution in [0.5, 0.6) is 0 Å². The zero-order valence-electron chi connectivity index (χ0n) is 11.2. The average Bonchev–Trinajstić information content (AvgIpc) is 2.52. The highest BCUT2D eigenvalue weighted by molar-refractivity contribution is 8.06. The number of nitro groups is 1. The largest absolute Gasteiger partial charge is 0.351 e. The molecule has 1 atom stereocenters. The lowest BCUT2D eigenvalue weighted by Gasteiger charge is -2.21. The number of carbonyl (C=O) groups excluding carboxylic acids is 1. The maximum absolute atomic E-state index is 12.1. The number of hydrazine groups is 1. The van der Waals surface area contributed by atoms with E-state index in [9.17, 15) is 14.9 Å². The van der Waals surface area contributed by atoms with Gasteiger partial charge in [0.25, 0.3) is 11.6 Å². The van der Waals surface area contributed by atoms with Crippen LogP contribution in [0.15, 0.2) is 18.2 Å². The van der Waals surface area contributed by atoms with Gasteiger partial charge < -0.3 is 10.7 Å². The fourth-order valence-corrected chi connectivity index (χ4v) is 4.52. The first-order valence-electron chi connectivity index (χ1n) is 6.34. The number of hydrogen-bond acceptors (Lipinski definition) is 7. The molecule has 1 unspecified atom stereocenters. The third kappa shape index (κ3) is 4.26. The monoisotopic (exact) mass is 328 g/mol. The SMILES string of the molecule is NNc1ccc(C(=O)NCC2CSCCS2)cc1[N+](=O)[O-]. The van der Waals surface area contributed by atoms with Gasteiger partial charge in [-0.15, -0.1) is 0 Å². The quantitative estimate of drug-likeness (QED) is 0.426. The van der Waals surface area contributed by atoms with E-state index in [0.717, 1.165) is 17.3 Å². The number of nitrogens with two attached hydrogens (primary N) is 1. The lowest BCUT2D eigenvalue weighted by molar-refractivity contribution is -0.384. The van der Waals surface area contributed by atoms with Gasteiger partial charge in [0.05, 0.1) is 4.92 Å². The fraction of sp³-hybridized carbons (Fsp3) is 0.417. The molecule has 0 spiro atoms. The molecular weight excluding hydrogens is 312 g/mol. The van der Waals surface area contributed by atoms with E-state index in [2.05, 4.69) is 10.7 Å². The van der Waals surface area contributed by atoms with Crippen LogP contribution in [0.25, 0.3) is 0 Å². The zero-order valence-corrected chi connectivity index (χ0v) is 12.8. The van der Waals surface area contributed by atoms with Crippen LogP contribution < -0.4 is 16.6 Å². The fourth-order valence-electron chi connectivity index (χ4n) is 1.91.